The Hall–Kier alpha value is -1.43. The number of carbonyl (C=O) groups is 3. The molecule has 31 heavy (non-hydrogen) atoms. The standard InChI is InChI=1S/C25H36O6/c1-13(26)18-6-7-19-17-10-21-25(31-21)11-16(29-14(2)27)8-9-24(25,5)22(17)20(30-15(3)28)12-23(18,19)4/h16-22H,6-12H2,1-5H3/t16-,17-,18-,19+,20-,21+,22-,23-,24-,25+/m1/s1. The zero-order valence-corrected chi connectivity index (χ0v) is 19.4. The molecule has 1 heterocycles. The van der Waals surface area contributed by atoms with Crippen molar-refractivity contribution in [2.24, 2.45) is 34.5 Å². The van der Waals surface area contributed by atoms with E-state index in [0.29, 0.717) is 11.8 Å². The van der Waals surface area contributed by atoms with Gasteiger partial charge in [0.2, 0.25) is 0 Å². The van der Waals surface area contributed by atoms with Crippen LogP contribution in [0.15, 0.2) is 0 Å². The summed E-state index contributed by atoms with van der Waals surface area (Å²) in [7, 11) is 0. The molecule has 1 saturated heterocycles. The van der Waals surface area contributed by atoms with E-state index < -0.39 is 0 Å². The Balaban J connectivity index is 1.51. The average Bonchev–Trinajstić information content (AvgIpc) is 3.22. The summed E-state index contributed by atoms with van der Waals surface area (Å²) in [5, 5.41) is 0. The van der Waals surface area contributed by atoms with E-state index in [1.165, 1.54) is 13.8 Å². The zero-order chi connectivity index (χ0) is 22.3. The van der Waals surface area contributed by atoms with Crippen LogP contribution < -0.4 is 0 Å². The van der Waals surface area contributed by atoms with Gasteiger partial charge in [0, 0.05) is 37.5 Å². The fraction of sp³-hybridized carbons (Fsp3) is 0.880. The molecule has 1 aliphatic heterocycles. The lowest BCUT2D eigenvalue weighted by molar-refractivity contribution is -0.194. The molecule has 1 spiro atoms. The Morgan fingerprint density at radius 2 is 1.65 bits per heavy atom. The highest BCUT2D eigenvalue weighted by Gasteiger charge is 2.78. The van der Waals surface area contributed by atoms with Crippen molar-refractivity contribution in [1.82, 2.24) is 0 Å². The first-order valence-electron chi connectivity index (χ1n) is 12.0. The van der Waals surface area contributed by atoms with Crippen LogP contribution >= 0.6 is 0 Å². The van der Waals surface area contributed by atoms with E-state index in [1.807, 2.05) is 0 Å². The second-order valence-electron chi connectivity index (χ2n) is 11.5. The number of fused-ring (bicyclic) bond motifs is 4. The number of rotatable bonds is 3. The Morgan fingerprint density at radius 3 is 2.29 bits per heavy atom. The molecule has 5 fully saturated rings. The molecule has 0 aromatic rings. The third-order valence-corrected chi connectivity index (χ3v) is 10.1. The van der Waals surface area contributed by atoms with Gasteiger partial charge in [-0.25, -0.2) is 0 Å². The minimum Gasteiger partial charge on any atom is -0.462 e. The van der Waals surface area contributed by atoms with Crippen molar-refractivity contribution < 1.29 is 28.6 Å². The SMILES string of the molecule is CC(=O)O[C@@H]1CC[C@]2(C)[C@@H]3[C@H](C[C@@H]4O[C@@]42C1)[C@@H]1CC[C@H](C(C)=O)[C@@]1(C)C[C@H]3OC(C)=O. The van der Waals surface area contributed by atoms with Crippen LogP contribution in [0.4, 0.5) is 0 Å². The lowest BCUT2D eigenvalue weighted by Gasteiger charge is -2.61. The summed E-state index contributed by atoms with van der Waals surface area (Å²) in [5.41, 5.74) is -0.516. The number of epoxide rings is 1. The van der Waals surface area contributed by atoms with Crippen LogP contribution in [0.3, 0.4) is 0 Å². The van der Waals surface area contributed by atoms with Crippen molar-refractivity contribution >= 4 is 17.7 Å². The van der Waals surface area contributed by atoms with Gasteiger partial charge in [-0.2, -0.15) is 0 Å². The normalized spacial score (nSPS) is 52.1. The summed E-state index contributed by atoms with van der Waals surface area (Å²) >= 11 is 0. The summed E-state index contributed by atoms with van der Waals surface area (Å²) in [5.74, 6) is 0.919. The third kappa shape index (κ3) is 2.89. The zero-order valence-electron chi connectivity index (χ0n) is 19.4. The van der Waals surface area contributed by atoms with Gasteiger partial charge in [0.25, 0.3) is 0 Å². The fourth-order valence-corrected chi connectivity index (χ4v) is 9.05. The van der Waals surface area contributed by atoms with E-state index in [2.05, 4.69) is 13.8 Å². The molecule has 6 nitrogen and oxygen atoms in total. The molecule has 5 rings (SSSR count). The van der Waals surface area contributed by atoms with Gasteiger partial charge < -0.3 is 14.2 Å². The van der Waals surface area contributed by atoms with Crippen molar-refractivity contribution in [2.45, 2.75) is 103 Å². The van der Waals surface area contributed by atoms with E-state index in [4.69, 9.17) is 14.2 Å². The van der Waals surface area contributed by atoms with Crippen LogP contribution in [-0.4, -0.2) is 41.6 Å². The summed E-state index contributed by atoms with van der Waals surface area (Å²) in [6.07, 6.45) is 6.07. The topological polar surface area (TPSA) is 82.2 Å². The molecule has 10 atom stereocenters. The maximum absolute atomic E-state index is 12.5. The summed E-state index contributed by atoms with van der Waals surface area (Å²) in [6.45, 7) is 9.27. The predicted octanol–water partition coefficient (Wildman–Crippen LogP) is 3.84. The first-order valence-corrected chi connectivity index (χ1v) is 12.0. The van der Waals surface area contributed by atoms with E-state index in [9.17, 15) is 14.4 Å². The van der Waals surface area contributed by atoms with Crippen LogP contribution in [-0.2, 0) is 28.6 Å². The van der Waals surface area contributed by atoms with Crippen molar-refractivity contribution in [2.75, 3.05) is 0 Å². The minimum atomic E-state index is -0.281. The molecule has 0 radical (unpaired) electrons. The van der Waals surface area contributed by atoms with Gasteiger partial charge in [-0.15, -0.1) is 0 Å². The molecule has 0 unspecified atom stereocenters. The highest BCUT2D eigenvalue weighted by Crippen LogP contribution is 2.74. The Morgan fingerprint density at radius 1 is 0.935 bits per heavy atom. The second kappa shape index (κ2) is 6.79. The largest absolute Gasteiger partial charge is 0.462 e. The Labute approximate surface area is 184 Å². The molecule has 4 aliphatic carbocycles. The number of esters is 2. The number of ether oxygens (including phenoxy) is 3. The lowest BCUT2D eigenvalue weighted by Crippen LogP contribution is -2.63. The fourth-order valence-electron chi connectivity index (χ4n) is 9.05. The molecular weight excluding hydrogens is 396 g/mol. The van der Waals surface area contributed by atoms with Crippen molar-refractivity contribution in [3.05, 3.63) is 0 Å². The first-order chi connectivity index (χ1) is 14.5. The van der Waals surface area contributed by atoms with Crippen molar-refractivity contribution in [3.63, 3.8) is 0 Å². The number of ketones is 1. The van der Waals surface area contributed by atoms with Gasteiger partial charge in [0.1, 0.15) is 23.6 Å². The number of Topliss-reactive ketones (excluding diaryl/α,β-unsaturated/α-hetero) is 1. The predicted molar refractivity (Wildman–Crippen MR) is 112 cm³/mol. The van der Waals surface area contributed by atoms with Gasteiger partial charge >= 0.3 is 11.9 Å². The van der Waals surface area contributed by atoms with Crippen LogP contribution in [0.25, 0.3) is 0 Å². The summed E-state index contributed by atoms with van der Waals surface area (Å²) in [6, 6.07) is 0. The minimum absolute atomic E-state index is 0.0517. The molecule has 0 amide bonds. The lowest BCUT2D eigenvalue weighted by atomic mass is 9.43. The van der Waals surface area contributed by atoms with Crippen molar-refractivity contribution in [1.29, 1.82) is 0 Å². The van der Waals surface area contributed by atoms with Crippen molar-refractivity contribution in [3.8, 4) is 0 Å². The van der Waals surface area contributed by atoms with Gasteiger partial charge in [0.05, 0.1) is 6.10 Å². The van der Waals surface area contributed by atoms with Gasteiger partial charge in [0.15, 0.2) is 0 Å². The molecule has 5 aliphatic rings. The molecule has 0 N–H and O–H groups in total. The number of hydrogen-bond donors (Lipinski definition) is 0. The maximum atomic E-state index is 12.5. The average molecular weight is 433 g/mol. The molecular formula is C25H36O6. The molecule has 4 saturated carbocycles. The van der Waals surface area contributed by atoms with E-state index in [-0.39, 0.29) is 64.3 Å². The summed E-state index contributed by atoms with van der Waals surface area (Å²) in [4.78, 5) is 36.2. The van der Waals surface area contributed by atoms with E-state index >= 15 is 0 Å². The first kappa shape index (κ1) is 21.4. The number of hydrogen-bond acceptors (Lipinski definition) is 6. The number of carbonyl (C=O) groups excluding carboxylic acids is 3. The maximum Gasteiger partial charge on any atom is 0.302 e. The highest BCUT2D eigenvalue weighted by atomic mass is 16.6. The Bertz CT molecular complexity index is 823. The smallest absolute Gasteiger partial charge is 0.302 e. The molecule has 6 heteroatoms. The highest BCUT2D eigenvalue weighted by molar-refractivity contribution is 5.79. The Kier molecular flexibility index (Phi) is 4.69. The molecule has 172 valence electrons. The van der Waals surface area contributed by atoms with Crippen LogP contribution in [0, 0.1) is 34.5 Å². The van der Waals surface area contributed by atoms with E-state index in [0.717, 1.165) is 44.9 Å². The summed E-state index contributed by atoms with van der Waals surface area (Å²) < 4.78 is 18.1. The van der Waals surface area contributed by atoms with Crippen LogP contribution in [0.1, 0.15) is 79.6 Å². The van der Waals surface area contributed by atoms with Crippen LogP contribution in [0.2, 0.25) is 0 Å². The van der Waals surface area contributed by atoms with Gasteiger partial charge in [-0.3, -0.25) is 14.4 Å². The third-order valence-electron chi connectivity index (χ3n) is 10.1. The molecule has 0 aromatic carbocycles. The van der Waals surface area contributed by atoms with Gasteiger partial charge in [-0.1, -0.05) is 13.8 Å². The quantitative estimate of drug-likeness (QED) is 0.498. The van der Waals surface area contributed by atoms with E-state index in [1.54, 1.807) is 6.92 Å². The monoisotopic (exact) mass is 432 g/mol. The van der Waals surface area contributed by atoms with Crippen LogP contribution in [0.5, 0.6) is 0 Å². The molecule has 0 bridgehead atoms. The van der Waals surface area contributed by atoms with Gasteiger partial charge in [-0.05, 0) is 62.7 Å². The second-order valence-corrected chi connectivity index (χ2v) is 11.5. The molecule has 0 aromatic heterocycles.